The molecule has 2 heterocycles. The number of carbonyl (C=O) groups excluding carboxylic acids is 1. The lowest BCUT2D eigenvalue weighted by Gasteiger charge is -2.32. The predicted octanol–water partition coefficient (Wildman–Crippen LogP) is 4.15. The van der Waals surface area contributed by atoms with Crippen molar-refractivity contribution in [2.75, 3.05) is 7.11 Å². The number of thiophene rings is 1. The van der Waals surface area contributed by atoms with Crippen LogP contribution in [-0.2, 0) is 14.0 Å². The van der Waals surface area contributed by atoms with Crippen LogP contribution in [0.15, 0.2) is 29.6 Å². The van der Waals surface area contributed by atoms with Gasteiger partial charge in [-0.2, -0.15) is 0 Å². The molecule has 0 spiro atoms. The van der Waals surface area contributed by atoms with Crippen molar-refractivity contribution in [1.29, 1.82) is 0 Å². The van der Waals surface area contributed by atoms with Crippen molar-refractivity contribution in [3.63, 3.8) is 0 Å². The number of carbonyl (C=O) groups is 1. The maximum absolute atomic E-state index is 11.6. The summed E-state index contributed by atoms with van der Waals surface area (Å²) in [6, 6.07) is 7.18. The summed E-state index contributed by atoms with van der Waals surface area (Å²) >= 11 is 7.92. The summed E-state index contributed by atoms with van der Waals surface area (Å²) in [6.07, 6.45) is 0. The molecule has 0 radical (unpaired) electrons. The molecule has 0 aliphatic carbocycles. The fourth-order valence-electron chi connectivity index (χ4n) is 2.55. The lowest BCUT2D eigenvalue weighted by atomic mass is 9.81. The third kappa shape index (κ3) is 3.36. The summed E-state index contributed by atoms with van der Waals surface area (Å²) in [5.74, 6) is -0.405. The normalized spacial score (nSPS) is 18.4. The van der Waals surface area contributed by atoms with Gasteiger partial charge < -0.3 is 14.0 Å². The maximum Gasteiger partial charge on any atom is 0.495 e. The highest BCUT2D eigenvalue weighted by Crippen LogP contribution is 2.38. The van der Waals surface area contributed by atoms with Crippen molar-refractivity contribution < 1.29 is 18.8 Å². The molecule has 2 aromatic rings. The van der Waals surface area contributed by atoms with Gasteiger partial charge in [0.1, 0.15) is 0 Å². The minimum absolute atomic E-state index is 0.375. The minimum atomic E-state index is -0.405. The van der Waals surface area contributed by atoms with Crippen LogP contribution in [0.5, 0.6) is 0 Å². The minimum Gasteiger partial charge on any atom is -0.465 e. The van der Waals surface area contributed by atoms with E-state index in [0.717, 1.165) is 15.9 Å². The molecule has 7 heteroatoms. The molecule has 0 saturated carbocycles. The number of hydrogen-bond acceptors (Lipinski definition) is 5. The lowest BCUT2D eigenvalue weighted by Crippen LogP contribution is -2.41. The average molecular weight is 379 g/mol. The van der Waals surface area contributed by atoms with Crippen LogP contribution in [-0.4, -0.2) is 31.4 Å². The van der Waals surface area contributed by atoms with E-state index in [1.165, 1.54) is 7.11 Å². The molecule has 1 aliphatic heterocycles. The molecule has 1 fully saturated rings. The van der Waals surface area contributed by atoms with Crippen LogP contribution in [0.25, 0.3) is 10.4 Å². The molecule has 1 saturated heterocycles. The molecule has 132 valence electrons. The summed E-state index contributed by atoms with van der Waals surface area (Å²) < 4.78 is 16.9. The first-order valence-electron chi connectivity index (χ1n) is 7.97. The van der Waals surface area contributed by atoms with Crippen molar-refractivity contribution in [1.82, 2.24) is 0 Å². The Hall–Kier alpha value is -1.34. The fourth-order valence-corrected chi connectivity index (χ4v) is 3.84. The lowest BCUT2D eigenvalue weighted by molar-refractivity contribution is 0.00578. The number of halogens is 1. The first kappa shape index (κ1) is 18.5. The van der Waals surface area contributed by atoms with E-state index < -0.39 is 13.1 Å². The third-order valence-electron chi connectivity index (χ3n) is 4.80. The Morgan fingerprint density at radius 1 is 1.16 bits per heavy atom. The summed E-state index contributed by atoms with van der Waals surface area (Å²) in [5, 5.41) is 2.52. The van der Waals surface area contributed by atoms with E-state index in [1.54, 1.807) is 23.5 Å². The standard InChI is InChI=1S/C18H20BClO4S/c1-17(2)18(3,4)24-19(23-17)12-9-15(25-10-12)13-7-6-11(8-14(13)20)16(21)22-5/h6-10H,1-5H3. The Kier molecular flexibility index (Phi) is 4.75. The van der Waals surface area contributed by atoms with Gasteiger partial charge >= 0.3 is 13.1 Å². The maximum atomic E-state index is 11.6. The quantitative estimate of drug-likeness (QED) is 0.594. The number of hydrogen-bond donors (Lipinski definition) is 0. The van der Waals surface area contributed by atoms with Crippen LogP contribution in [0.4, 0.5) is 0 Å². The topological polar surface area (TPSA) is 44.8 Å². The molecule has 1 aromatic carbocycles. The van der Waals surface area contributed by atoms with E-state index >= 15 is 0 Å². The van der Waals surface area contributed by atoms with Crippen molar-refractivity contribution >= 4 is 41.5 Å². The van der Waals surface area contributed by atoms with Crippen molar-refractivity contribution in [2.45, 2.75) is 38.9 Å². The monoisotopic (exact) mass is 378 g/mol. The van der Waals surface area contributed by atoms with Gasteiger partial charge in [0.25, 0.3) is 0 Å². The fraction of sp³-hybridized carbons (Fsp3) is 0.389. The molecule has 1 aromatic heterocycles. The molecule has 0 atom stereocenters. The van der Waals surface area contributed by atoms with Crippen molar-refractivity contribution in [2.24, 2.45) is 0 Å². The molecular formula is C18H20BClO4S. The first-order chi connectivity index (χ1) is 11.6. The van der Waals surface area contributed by atoms with E-state index in [4.69, 9.17) is 25.6 Å². The second kappa shape index (κ2) is 6.43. The van der Waals surface area contributed by atoms with Crippen LogP contribution in [0, 0.1) is 0 Å². The van der Waals surface area contributed by atoms with Crippen molar-refractivity contribution in [3.05, 3.63) is 40.2 Å². The zero-order valence-corrected chi connectivity index (χ0v) is 16.5. The van der Waals surface area contributed by atoms with Gasteiger partial charge in [0.05, 0.1) is 28.9 Å². The summed E-state index contributed by atoms with van der Waals surface area (Å²) in [7, 11) is 0.948. The highest BCUT2D eigenvalue weighted by molar-refractivity contribution is 7.14. The second-order valence-corrected chi connectivity index (χ2v) is 8.34. The zero-order valence-electron chi connectivity index (χ0n) is 14.9. The molecule has 0 N–H and O–H groups in total. The molecule has 0 bridgehead atoms. The Morgan fingerprint density at radius 3 is 2.36 bits per heavy atom. The van der Waals surface area contributed by atoms with E-state index in [2.05, 4.69) is 0 Å². The predicted molar refractivity (Wildman–Crippen MR) is 102 cm³/mol. The Balaban J connectivity index is 1.87. The number of benzene rings is 1. The van der Waals surface area contributed by atoms with Gasteiger partial charge in [-0.15, -0.1) is 11.3 Å². The number of esters is 1. The average Bonchev–Trinajstić information content (AvgIpc) is 3.09. The Morgan fingerprint density at radius 2 is 1.80 bits per heavy atom. The second-order valence-electron chi connectivity index (χ2n) is 7.02. The van der Waals surface area contributed by atoms with Gasteiger partial charge in [-0.25, -0.2) is 4.79 Å². The van der Waals surface area contributed by atoms with E-state index in [0.29, 0.717) is 10.6 Å². The van der Waals surface area contributed by atoms with Gasteiger partial charge in [-0.1, -0.05) is 17.7 Å². The molecular weight excluding hydrogens is 359 g/mol. The number of ether oxygens (including phenoxy) is 1. The van der Waals surface area contributed by atoms with E-state index in [-0.39, 0.29) is 11.2 Å². The molecule has 0 amide bonds. The van der Waals surface area contributed by atoms with Crippen molar-refractivity contribution in [3.8, 4) is 10.4 Å². The molecule has 1 aliphatic rings. The Bertz CT molecular complexity index is 799. The number of methoxy groups -OCH3 is 1. The van der Waals surface area contributed by atoms with Gasteiger partial charge in [-0.05, 0) is 56.7 Å². The largest absolute Gasteiger partial charge is 0.495 e. The Labute approximate surface area is 157 Å². The molecule has 3 rings (SSSR count). The summed E-state index contributed by atoms with van der Waals surface area (Å²) in [5.41, 5.74) is 1.51. The van der Waals surface area contributed by atoms with Crippen LogP contribution in [0.3, 0.4) is 0 Å². The number of rotatable bonds is 3. The van der Waals surface area contributed by atoms with Crippen LogP contribution >= 0.6 is 22.9 Å². The van der Waals surface area contributed by atoms with E-state index in [9.17, 15) is 4.79 Å². The van der Waals surface area contributed by atoms with Crippen LogP contribution in [0.2, 0.25) is 5.02 Å². The first-order valence-corrected chi connectivity index (χ1v) is 9.23. The van der Waals surface area contributed by atoms with E-state index in [1.807, 2.05) is 45.2 Å². The van der Waals surface area contributed by atoms with Crippen LogP contribution in [0.1, 0.15) is 38.1 Å². The highest BCUT2D eigenvalue weighted by atomic mass is 35.5. The van der Waals surface area contributed by atoms with Gasteiger partial charge in [0, 0.05) is 10.4 Å². The summed E-state index contributed by atoms with van der Waals surface area (Å²) in [6.45, 7) is 8.12. The third-order valence-corrected chi connectivity index (χ3v) is 6.10. The SMILES string of the molecule is COC(=O)c1ccc(-c2cc(B3OC(C)(C)C(C)(C)O3)cs2)c(Cl)c1. The smallest absolute Gasteiger partial charge is 0.465 e. The summed E-state index contributed by atoms with van der Waals surface area (Å²) in [4.78, 5) is 12.6. The molecule has 25 heavy (non-hydrogen) atoms. The zero-order chi connectivity index (χ0) is 18.4. The van der Waals surface area contributed by atoms with Gasteiger partial charge in [0.2, 0.25) is 0 Å². The highest BCUT2D eigenvalue weighted by Gasteiger charge is 2.51. The van der Waals surface area contributed by atoms with Gasteiger partial charge in [-0.3, -0.25) is 0 Å². The van der Waals surface area contributed by atoms with Gasteiger partial charge in [0.15, 0.2) is 0 Å². The molecule has 4 nitrogen and oxygen atoms in total. The van der Waals surface area contributed by atoms with Crippen LogP contribution < -0.4 is 5.46 Å². The molecule has 0 unspecified atom stereocenters.